The first-order valence-corrected chi connectivity index (χ1v) is 5.85. The van der Waals surface area contributed by atoms with Crippen LogP contribution < -0.4 is 11.1 Å². The van der Waals surface area contributed by atoms with Gasteiger partial charge in [0.1, 0.15) is 0 Å². The molecule has 0 radical (unpaired) electrons. The van der Waals surface area contributed by atoms with Gasteiger partial charge in [-0.3, -0.25) is 14.9 Å². The normalized spacial score (nSPS) is 20.5. The Morgan fingerprint density at radius 3 is 2.61 bits per heavy atom. The summed E-state index contributed by atoms with van der Waals surface area (Å²) in [7, 11) is 0. The van der Waals surface area contributed by atoms with Crippen LogP contribution in [0.4, 0.5) is 5.69 Å². The summed E-state index contributed by atoms with van der Waals surface area (Å²) in [5.41, 5.74) is 6.88. The predicted octanol–water partition coefficient (Wildman–Crippen LogP) is 1.12. The molecule has 1 aromatic carbocycles. The molecule has 18 heavy (non-hydrogen) atoms. The zero-order chi connectivity index (χ0) is 13.1. The fourth-order valence-electron chi connectivity index (χ4n) is 2.16. The second-order valence-corrected chi connectivity index (χ2v) is 4.47. The Morgan fingerprint density at radius 1 is 1.44 bits per heavy atom. The van der Waals surface area contributed by atoms with Crippen molar-refractivity contribution < 1.29 is 9.72 Å². The lowest BCUT2D eigenvalue weighted by molar-refractivity contribution is -0.384. The molecule has 1 heterocycles. The molecule has 0 bridgehead atoms. The van der Waals surface area contributed by atoms with Crippen molar-refractivity contribution in [3.8, 4) is 0 Å². The molecule has 1 saturated heterocycles. The number of nitrogens with two attached hydrogens (primary N) is 1. The largest absolute Gasteiger partial charge is 0.356 e. The van der Waals surface area contributed by atoms with Crippen LogP contribution in [0.15, 0.2) is 24.3 Å². The highest BCUT2D eigenvalue weighted by Crippen LogP contribution is 2.24. The van der Waals surface area contributed by atoms with Gasteiger partial charge in [0.05, 0.1) is 4.92 Å². The van der Waals surface area contributed by atoms with Gasteiger partial charge in [-0.25, -0.2) is 0 Å². The molecular formula is C12H15N3O3. The monoisotopic (exact) mass is 249 g/mol. The van der Waals surface area contributed by atoms with E-state index in [2.05, 4.69) is 5.32 Å². The molecule has 2 atom stereocenters. The predicted molar refractivity (Wildman–Crippen MR) is 65.8 cm³/mol. The van der Waals surface area contributed by atoms with Gasteiger partial charge in [0.2, 0.25) is 5.91 Å². The van der Waals surface area contributed by atoms with Crippen LogP contribution in [-0.2, 0) is 4.79 Å². The number of carbonyl (C=O) groups is 1. The Morgan fingerprint density at radius 2 is 2.11 bits per heavy atom. The van der Waals surface area contributed by atoms with Gasteiger partial charge >= 0.3 is 0 Å². The van der Waals surface area contributed by atoms with Crippen molar-refractivity contribution in [2.75, 3.05) is 6.54 Å². The van der Waals surface area contributed by atoms with Crippen LogP contribution in [0.25, 0.3) is 0 Å². The van der Waals surface area contributed by atoms with E-state index in [-0.39, 0.29) is 23.6 Å². The van der Waals surface area contributed by atoms with Crippen molar-refractivity contribution in [2.45, 2.75) is 18.9 Å². The molecule has 0 aromatic heterocycles. The molecule has 0 spiro atoms. The third-order valence-electron chi connectivity index (χ3n) is 3.23. The molecule has 6 heteroatoms. The Kier molecular flexibility index (Phi) is 3.57. The minimum absolute atomic E-state index is 0.0459. The van der Waals surface area contributed by atoms with Gasteiger partial charge in [0.15, 0.2) is 0 Å². The molecule has 0 aliphatic carbocycles. The maximum absolute atomic E-state index is 11.4. The number of nitrogens with one attached hydrogen (secondary N) is 1. The van der Waals surface area contributed by atoms with Gasteiger partial charge in [-0.1, -0.05) is 12.1 Å². The first kappa shape index (κ1) is 12.5. The highest BCUT2D eigenvalue weighted by molar-refractivity contribution is 5.80. The lowest BCUT2D eigenvalue weighted by atomic mass is 9.94. The lowest BCUT2D eigenvalue weighted by Gasteiger charge is -2.14. The summed E-state index contributed by atoms with van der Waals surface area (Å²) in [5, 5.41) is 13.3. The number of nitrogens with zero attached hydrogens (tertiary/aromatic N) is 1. The molecule has 1 aliphatic rings. The Balaban J connectivity index is 2.02. The Hall–Kier alpha value is -1.95. The van der Waals surface area contributed by atoms with Gasteiger partial charge in [-0.2, -0.15) is 0 Å². The first-order chi connectivity index (χ1) is 8.58. The van der Waals surface area contributed by atoms with Crippen molar-refractivity contribution in [2.24, 2.45) is 11.7 Å². The van der Waals surface area contributed by atoms with E-state index in [9.17, 15) is 14.9 Å². The molecule has 0 saturated carbocycles. The highest BCUT2D eigenvalue weighted by atomic mass is 16.6. The number of hydrogen-bond donors (Lipinski definition) is 2. The van der Waals surface area contributed by atoms with E-state index in [1.807, 2.05) is 0 Å². The lowest BCUT2D eigenvalue weighted by Crippen LogP contribution is -2.23. The first-order valence-electron chi connectivity index (χ1n) is 5.85. The van der Waals surface area contributed by atoms with E-state index in [1.54, 1.807) is 12.1 Å². The summed E-state index contributed by atoms with van der Waals surface area (Å²) in [5.74, 6) is 0.00236. The molecule has 2 unspecified atom stereocenters. The zero-order valence-corrected chi connectivity index (χ0v) is 9.83. The SMILES string of the molecule is NC(CC1CCNC1=O)c1ccc([N+](=O)[O-])cc1. The average molecular weight is 249 g/mol. The van der Waals surface area contributed by atoms with Crippen molar-refractivity contribution in [1.29, 1.82) is 0 Å². The number of non-ortho nitro benzene ring substituents is 1. The molecular weight excluding hydrogens is 234 g/mol. The second kappa shape index (κ2) is 5.14. The van der Waals surface area contributed by atoms with Crippen LogP contribution in [0.2, 0.25) is 0 Å². The summed E-state index contributed by atoms with van der Waals surface area (Å²) >= 11 is 0. The Bertz CT molecular complexity index is 458. The van der Waals surface area contributed by atoms with Gasteiger partial charge in [0.25, 0.3) is 5.69 Å². The van der Waals surface area contributed by atoms with Crippen molar-refractivity contribution >= 4 is 11.6 Å². The van der Waals surface area contributed by atoms with Crippen LogP contribution >= 0.6 is 0 Å². The van der Waals surface area contributed by atoms with E-state index >= 15 is 0 Å². The van der Waals surface area contributed by atoms with Crippen molar-refractivity contribution in [1.82, 2.24) is 5.32 Å². The quantitative estimate of drug-likeness (QED) is 0.617. The molecule has 1 amide bonds. The maximum atomic E-state index is 11.4. The number of benzene rings is 1. The summed E-state index contributed by atoms with van der Waals surface area (Å²) in [6, 6.07) is 5.90. The second-order valence-electron chi connectivity index (χ2n) is 4.47. The topological polar surface area (TPSA) is 98.3 Å². The summed E-state index contributed by atoms with van der Waals surface area (Å²) < 4.78 is 0. The number of rotatable bonds is 4. The Labute approximate surface area is 104 Å². The smallest absolute Gasteiger partial charge is 0.269 e. The minimum Gasteiger partial charge on any atom is -0.356 e. The van der Waals surface area contributed by atoms with Crippen molar-refractivity contribution in [3.05, 3.63) is 39.9 Å². The van der Waals surface area contributed by atoms with Crippen LogP contribution in [0.5, 0.6) is 0 Å². The third kappa shape index (κ3) is 2.65. The van der Waals surface area contributed by atoms with Crippen LogP contribution in [-0.4, -0.2) is 17.4 Å². The van der Waals surface area contributed by atoms with Crippen LogP contribution in [0.1, 0.15) is 24.4 Å². The highest BCUT2D eigenvalue weighted by Gasteiger charge is 2.26. The minimum atomic E-state index is -0.445. The average Bonchev–Trinajstić information content (AvgIpc) is 2.75. The number of nitro benzene ring substituents is 1. The summed E-state index contributed by atoms with van der Waals surface area (Å²) in [4.78, 5) is 21.5. The molecule has 1 aliphatic heterocycles. The van der Waals surface area contributed by atoms with Gasteiger partial charge in [0, 0.05) is 30.6 Å². The number of carbonyl (C=O) groups excluding carboxylic acids is 1. The molecule has 1 aromatic rings. The summed E-state index contributed by atoms with van der Waals surface area (Å²) in [6.45, 7) is 0.705. The molecule has 96 valence electrons. The van der Waals surface area contributed by atoms with Gasteiger partial charge in [-0.05, 0) is 18.4 Å². The van der Waals surface area contributed by atoms with E-state index in [1.165, 1.54) is 12.1 Å². The fraction of sp³-hybridized carbons (Fsp3) is 0.417. The van der Waals surface area contributed by atoms with Crippen molar-refractivity contribution in [3.63, 3.8) is 0 Å². The number of amides is 1. The van der Waals surface area contributed by atoms with Gasteiger partial charge < -0.3 is 11.1 Å². The van der Waals surface area contributed by atoms with Crippen LogP contribution in [0, 0.1) is 16.0 Å². The third-order valence-corrected chi connectivity index (χ3v) is 3.23. The van der Waals surface area contributed by atoms with E-state index < -0.39 is 4.92 Å². The fourth-order valence-corrected chi connectivity index (χ4v) is 2.16. The van der Waals surface area contributed by atoms with E-state index in [4.69, 9.17) is 5.73 Å². The zero-order valence-electron chi connectivity index (χ0n) is 9.83. The molecule has 3 N–H and O–H groups in total. The van der Waals surface area contributed by atoms with Crippen LogP contribution in [0.3, 0.4) is 0 Å². The molecule has 6 nitrogen and oxygen atoms in total. The molecule has 1 fully saturated rings. The number of hydrogen-bond acceptors (Lipinski definition) is 4. The van der Waals surface area contributed by atoms with E-state index in [0.29, 0.717) is 13.0 Å². The maximum Gasteiger partial charge on any atom is 0.269 e. The van der Waals surface area contributed by atoms with E-state index in [0.717, 1.165) is 12.0 Å². The summed E-state index contributed by atoms with van der Waals surface area (Å²) in [6.07, 6.45) is 1.38. The molecule has 2 rings (SSSR count). The standard InChI is InChI=1S/C12H15N3O3/c13-11(7-9-5-6-14-12(9)16)8-1-3-10(4-2-8)15(17)18/h1-4,9,11H,5-7,13H2,(H,14,16). The van der Waals surface area contributed by atoms with Gasteiger partial charge in [-0.15, -0.1) is 0 Å². The number of nitro groups is 1.